The lowest BCUT2D eigenvalue weighted by atomic mass is 10.1. The van der Waals surface area contributed by atoms with Gasteiger partial charge in [-0.1, -0.05) is 36.2 Å². The standard InChI is InChI=1S/C21H24ClN3O3S/c22-19-7-4-3-6-16(19)9-14-21(26)24-17-10-12-18(13-11-17)29(27,28)25-20-8-2-1-5-15-23-20/h3-4,6-7,10-13H,1-2,5,8-9,14-15H2,(H,23,25)(H,24,26). The van der Waals surface area contributed by atoms with E-state index in [4.69, 9.17) is 11.6 Å². The number of anilines is 1. The Kier molecular flexibility index (Phi) is 7.28. The molecule has 2 aromatic rings. The van der Waals surface area contributed by atoms with Crippen LogP contribution in [0.4, 0.5) is 5.69 Å². The summed E-state index contributed by atoms with van der Waals surface area (Å²) in [6.45, 7) is 0.650. The predicted molar refractivity (Wildman–Crippen MR) is 116 cm³/mol. The third-order valence-electron chi connectivity index (χ3n) is 4.65. The summed E-state index contributed by atoms with van der Waals surface area (Å²) in [5, 5.41) is 3.42. The first-order valence-corrected chi connectivity index (χ1v) is 11.5. The predicted octanol–water partition coefficient (Wildman–Crippen LogP) is 4.16. The van der Waals surface area contributed by atoms with Gasteiger partial charge in [0.1, 0.15) is 5.84 Å². The number of carbonyl (C=O) groups excluding carboxylic acids is 1. The van der Waals surface area contributed by atoms with E-state index in [0.29, 0.717) is 35.9 Å². The van der Waals surface area contributed by atoms with Crippen molar-refractivity contribution in [3.8, 4) is 0 Å². The molecule has 0 saturated heterocycles. The maximum atomic E-state index is 12.5. The number of aliphatic imine (C=N–C) groups is 1. The molecule has 3 rings (SSSR count). The van der Waals surface area contributed by atoms with Gasteiger partial charge in [-0.25, -0.2) is 8.42 Å². The topological polar surface area (TPSA) is 87.6 Å². The second-order valence-corrected chi connectivity index (χ2v) is 9.00. The van der Waals surface area contributed by atoms with E-state index in [1.54, 1.807) is 18.2 Å². The molecule has 154 valence electrons. The lowest BCUT2D eigenvalue weighted by molar-refractivity contribution is -0.116. The fourth-order valence-electron chi connectivity index (χ4n) is 3.06. The zero-order valence-electron chi connectivity index (χ0n) is 16.0. The van der Waals surface area contributed by atoms with Crippen LogP contribution < -0.4 is 10.0 Å². The van der Waals surface area contributed by atoms with Crippen LogP contribution in [0.1, 0.15) is 37.7 Å². The van der Waals surface area contributed by atoms with Crippen molar-refractivity contribution in [1.82, 2.24) is 4.72 Å². The van der Waals surface area contributed by atoms with Crippen LogP contribution in [0.25, 0.3) is 0 Å². The highest BCUT2D eigenvalue weighted by atomic mass is 35.5. The van der Waals surface area contributed by atoms with Crippen molar-refractivity contribution in [3.05, 3.63) is 59.1 Å². The number of hydrogen-bond acceptors (Lipinski definition) is 4. The Labute approximate surface area is 176 Å². The number of amides is 1. The molecule has 0 unspecified atom stereocenters. The van der Waals surface area contributed by atoms with E-state index in [1.807, 2.05) is 18.2 Å². The van der Waals surface area contributed by atoms with E-state index in [2.05, 4.69) is 15.0 Å². The quantitative estimate of drug-likeness (QED) is 0.716. The molecule has 0 aromatic heterocycles. The first kappa shape index (κ1) is 21.3. The minimum absolute atomic E-state index is 0.138. The van der Waals surface area contributed by atoms with Crippen LogP contribution in [0.3, 0.4) is 0 Å². The van der Waals surface area contributed by atoms with Crippen molar-refractivity contribution in [1.29, 1.82) is 0 Å². The molecule has 1 aliphatic rings. The van der Waals surface area contributed by atoms with Crippen LogP contribution in [-0.4, -0.2) is 26.7 Å². The lowest BCUT2D eigenvalue weighted by Crippen LogP contribution is -2.30. The van der Waals surface area contributed by atoms with Crippen molar-refractivity contribution in [2.24, 2.45) is 4.99 Å². The summed E-state index contributed by atoms with van der Waals surface area (Å²) in [6, 6.07) is 13.5. The van der Waals surface area contributed by atoms with Gasteiger partial charge in [0.15, 0.2) is 0 Å². The first-order chi connectivity index (χ1) is 13.9. The molecule has 0 saturated carbocycles. The van der Waals surface area contributed by atoms with Crippen LogP contribution in [0.2, 0.25) is 5.02 Å². The number of rotatable bonds is 6. The fourth-order valence-corrected chi connectivity index (χ4v) is 4.38. The van der Waals surface area contributed by atoms with Gasteiger partial charge in [0, 0.05) is 30.1 Å². The number of amidine groups is 1. The Morgan fingerprint density at radius 2 is 1.79 bits per heavy atom. The Balaban J connectivity index is 1.57. The van der Waals surface area contributed by atoms with Crippen LogP contribution in [-0.2, 0) is 21.2 Å². The molecule has 0 spiro atoms. The summed E-state index contributed by atoms with van der Waals surface area (Å²) in [4.78, 5) is 16.6. The van der Waals surface area contributed by atoms with Gasteiger partial charge in [-0.3, -0.25) is 14.5 Å². The maximum absolute atomic E-state index is 12.5. The van der Waals surface area contributed by atoms with Crippen molar-refractivity contribution in [2.75, 3.05) is 11.9 Å². The minimum Gasteiger partial charge on any atom is -0.326 e. The molecule has 0 bridgehead atoms. The van der Waals surface area contributed by atoms with Crippen molar-refractivity contribution < 1.29 is 13.2 Å². The number of aryl methyl sites for hydroxylation is 1. The van der Waals surface area contributed by atoms with Gasteiger partial charge in [-0.05, 0) is 55.2 Å². The van der Waals surface area contributed by atoms with Gasteiger partial charge in [0.25, 0.3) is 10.0 Å². The molecular formula is C21H24ClN3O3S. The smallest absolute Gasteiger partial charge is 0.262 e. The van der Waals surface area contributed by atoms with E-state index in [9.17, 15) is 13.2 Å². The average molecular weight is 434 g/mol. The molecule has 29 heavy (non-hydrogen) atoms. The minimum atomic E-state index is -3.68. The molecule has 1 amide bonds. The number of sulfonamides is 1. The normalized spacial score (nSPS) is 14.6. The van der Waals surface area contributed by atoms with Crippen LogP contribution in [0.5, 0.6) is 0 Å². The fraction of sp³-hybridized carbons (Fsp3) is 0.333. The molecule has 8 heteroatoms. The van der Waals surface area contributed by atoms with Gasteiger partial charge in [-0.2, -0.15) is 0 Å². The molecule has 0 atom stereocenters. The lowest BCUT2D eigenvalue weighted by Gasteiger charge is -2.11. The molecular weight excluding hydrogens is 410 g/mol. The van der Waals surface area contributed by atoms with Crippen molar-refractivity contribution in [2.45, 2.75) is 43.4 Å². The molecule has 1 heterocycles. The third-order valence-corrected chi connectivity index (χ3v) is 6.42. The Morgan fingerprint density at radius 3 is 2.55 bits per heavy atom. The van der Waals surface area contributed by atoms with E-state index in [0.717, 1.165) is 24.8 Å². The Bertz CT molecular complexity index is 988. The summed E-state index contributed by atoms with van der Waals surface area (Å²) >= 11 is 6.10. The van der Waals surface area contributed by atoms with E-state index < -0.39 is 10.0 Å². The molecule has 1 aliphatic heterocycles. The monoisotopic (exact) mass is 433 g/mol. The highest BCUT2D eigenvalue weighted by Crippen LogP contribution is 2.18. The van der Waals surface area contributed by atoms with Gasteiger partial charge in [0.05, 0.1) is 4.90 Å². The Morgan fingerprint density at radius 1 is 1.03 bits per heavy atom. The average Bonchev–Trinajstić information content (AvgIpc) is 2.96. The van der Waals surface area contributed by atoms with Crippen LogP contribution in [0, 0.1) is 0 Å². The van der Waals surface area contributed by atoms with E-state index in [1.165, 1.54) is 12.1 Å². The summed E-state index contributed by atoms with van der Waals surface area (Å²) in [5.41, 5.74) is 1.46. The van der Waals surface area contributed by atoms with Gasteiger partial charge < -0.3 is 5.32 Å². The summed E-state index contributed by atoms with van der Waals surface area (Å²) in [6.07, 6.45) is 4.42. The van der Waals surface area contributed by atoms with Gasteiger partial charge >= 0.3 is 0 Å². The summed E-state index contributed by atoms with van der Waals surface area (Å²) < 4.78 is 27.7. The SMILES string of the molecule is O=C(CCc1ccccc1Cl)Nc1ccc(S(=O)(=O)NC2=NCCCCC2)cc1. The summed E-state index contributed by atoms with van der Waals surface area (Å²) in [5.74, 6) is 0.353. The van der Waals surface area contributed by atoms with Gasteiger partial charge in [-0.15, -0.1) is 0 Å². The van der Waals surface area contributed by atoms with E-state index in [-0.39, 0.29) is 17.2 Å². The number of benzene rings is 2. The third kappa shape index (κ3) is 6.30. The molecule has 2 aromatic carbocycles. The zero-order valence-corrected chi connectivity index (χ0v) is 17.6. The maximum Gasteiger partial charge on any atom is 0.262 e. The highest BCUT2D eigenvalue weighted by Gasteiger charge is 2.17. The molecule has 2 N–H and O–H groups in total. The molecule has 6 nitrogen and oxygen atoms in total. The Hall–Kier alpha value is -2.38. The second kappa shape index (κ2) is 9.89. The molecule has 0 aliphatic carbocycles. The number of nitrogens with one attached hydrogen (secondary N) is 2. The highest BCUT2D eigenvalue weighted by molar-refractivity contribution is 7.90. The zero-order chi connectivity index (χ0) is 20.7. The van der Waals surface area contributed by atoms with E-state index >= 15 is 0 Å². The first-order valence-electron chi connectivity index (χ1n) is 9.63. The van der Waals surface area contributed by atoms with Crippen LogP contribution in [0.15, 0.2) is 58.4 Å². The van der Waals surface area contributed by atoms with Crippen LogP contribution >= 0.6 is 11.6 Å². The summed E-state index contributed by atoms with van der Waals surface area (Å²) in [7, 11) is -3.68. The van der Waals surface area contributed by atoms with Crippen molar-refractivity contribution >= 4 is 39.1 Å². The van der Waals surface area contributed by atoms with Crippen molar-refractivity contribution in [3.63, 3.8) is 0 Å². The number of nitrogens with zero attached hydrogens (tertiary/aromatic N) is 1. The largest absolute Gasteiger partial charge is 0.326 e. The van der Waals surface area contributed by atoms with Gasteiger partial charge in [0.2, 0.25) is 5.91 Å². The number of carbonyl (C=O) groups is 1. The number of halogens is 1. The number of hydrogen-bond donors (Lipinski definition) is 2. The molecule has 0 fully saturated rings. The molecule has 0 radical (unpaired) electrons. The second-order valence-electron chi connectivity index (χ2n) is 6.91.